The van der Waals surface area contributed by atoms with Gasteiger partial charge in [-0.05, 0) is 30.7 Å². The first kappa shape index (κ1) is 20.9. The fraction of sp³-hybridized carbons (Fsp3) is 0.684. The summed E-state index contributed by atoms with van der Waals surface area (Å²) in [6.07, 6.45) is 0.836. The van der Waals surface area contributed by atoms with E-state index in [4.69, 9.17) is 29.4 Å². The van der Waals surface area contributed by atoms with Gasteiger partial charge in [0, 0.05) is 13.1 Å². The van der Waals surface area contributed by atoms with E-state index in [0.717, 1.165) is 30.9 Å². The van der Waals surface area contributed by atoms with Crippen LogP contribution in [-0.4, -0.2) is 79.6 Å². The number of anilines is 1. The maximum Gasteiger partial charge on any atom is 0.142 e. The molecule has 7 heteroatoms. The van der Waals surface area contributed by atoms with E-state index in [2.05, 4.69) is 23.1 Å². The van der Waals surface area contributed by atoms with Gasteiger partial charge in [0.15, 0.2) is 0 Å². The Kier molecular flexibility index (Phi) is 10.4. The Bertz CT molecular complexity index is 485. The maximum absolute atomic E-state index is 5.69. The first-order valence-corrected chi connectivity index (χ1v) is 9.28. The standard InChI is InChI=1S/C19H32N2O5/c1-22-19-16-17(4-5-20)2-3-18(19)21-6-8-23-10-12-25-14-15-26-13-11-24-9-7-21/h2-3,16H,4-15,20H2,1H3. The Hall–Kier alpha value is -1.38. The molecule has 0 aliphatic carbocycles. The maximum atomic E-state index is 5.69. The molecule has 26 heavy (non-hydrogen) atoms. The highest BCUT2D eigenvalue weighted by Crippen LogP contribution is 2.29. The second-order valence-corrected chi connectivity index (χ2v) is 5.98. The molecule has 2 rings (SSSR count). The molecule has 0 unspecified atom stereocenters. The van der Waals surface area contributed by atoms with Crippen LogP contribution in [-0.2, 0) is 25.4 Å². The molecule has 2 N–H and O–H groups in total. The minimum atomic E-state index is 0.580. The third kappa shape index (κ3) is 7.47. The van der Waals surface area contributed by atoms with Gasteiger partial charge in [-0.1, -0.05) is 6.07 Å². The summed E-state index contributed by atoms with van der Waals surface area (Å²) >= 11 is 0. The van der Waals surface area contributed by atoms with Gasteiger partial charge in [-0.15, -0.1) is 0 Å². The van der Waals surface area contributed by atoms with Gasteiger partial charge in [-0.2, -0.15) is 0 Å². The Morgan fingerprint density at radius 3 is 1.92 bits per heavy atom. The lowest BCUT2D eigenvalue weighted by atomic mass is 10.1. The van der Waals surface area contributed by atoms with E-state index in [1.54, 1.807) is 7.11 Å². The van der Waals surface area contributed by atoms with Crippen molar-refractivity contribution in [3.63, 3.8) is 0 Å². The number of rotatable bonds is 4. The van der Waals surface area contributed by atoms with Crippen LogP contribution in [0.4, 0.5) is 5.69 Å². The monoisotopic (exact) mass is 368 g/mol. The van der Waals surface area contributed by atoms with Crippen LogP contribution in [0.2, 0.25) is 0 Å². The topological polar surface area (TPSA) is 75.4 Å². The molecule has 0 amide bonds. The molecule has 0 spiro atoms. The summed E-state index contributed by atoms with van der Waals surface area (Å²) in [6.45, 7) is 6.86. The summed E-state index contributed by atoms with van der Waals surface area (Å²) in [5.41, 5.74) is 7.87. The van der Waals surface area contributed by atoms with Gasteiger partial charge >= 0.3 is 0 Å². The molecular formula is C19H32N2O5. The molecule has 7 nitrogen and oxygen atoms in total. The van der Waals surface area contributed by atoms with Crippen LogP contribution in [0.25, 0.3) is 0 Å². The van der Waals surface area contributed by atoms with E-state index in [9.17, 15) is 0 Å². The molecule has 1 saturated heterocycles. The largest absolute Gasteiger partial charge is 0.495 e. The van der Waals surface area contributed by atoms with E-state index in [1.165, 1.54) is 5.56 Å². The van der Waals surface area contributed by atoms with Crippen molar-refractivity contribution in [2.75, 3.05) is 84.5 Å². The van der Waals surface area contributed by atoms with Crippen LogP contribution in [0.3, 0.4) is 0 Å². The van der Waals surface area contributed by atoms with Gasteiger partial charge in [0.05, 0.1) is 65.7 Å². The van der Waals surface area contributed by atoms with Crippen molar-refractivity contribution < 1.29 is 23.7 Å². The fourth-order valence-electron chi connectivity index (χ4n) is 2.77. The number of hydrogen-bond donors (Lipinski definition) is 1. The minimum absolute atomic E-state index is 0.580. The second kappa shape index (κ2) is 12.9. The molecule has 0 radical (unpaired) electrons. The highest BCUT2D eigenvalue weighted by atomic mass is 16.6. The SMILES string of the molecule is COc1cc(CCN)ccc1N1CCOCCOCCOCCOCC1. The molecule has 148 valence electrons. The average molecular weight is 368 g/mol. The summed E-state index contributed by atoms with van der Waals surface area (Å²) in [4.78, 5) is 2.23. The van der Waals surface area contributed by atoms with Crippen molar-refractivity contribution in [2.45, 2.75) is 6.42 Å². The van der Waals surface area contributed by atoms with Crippen molar-refractivity contribution in [2.24, 2.45) is 5.73 Å². The lowest BCUT2D eigenvalue weighted by Crippen LogP contribution is -2.32. The Morgan fingerprint density at radius 1 is 0.885 bits per heavy atom. The summed E-state index contributed by atoms with van der Waals surface area (Å²) in [7, 11) is 1.69. The molecule has 1 aromatic rings. The quantitative estimate of drug-likeness (QED) is 0.852. The van der Waals surface area contributed by atoms with Crippen molar-refractivity contribution in [3.05, 3.63) is 23.8 Å². The van der Waals surface area contributed by atoms with Crippen LogP contribution in [0.1, 0.15) is 5.56 Å². The number of benzene rings is 1. The smallest absolute Gasteiger partial charge is 0.142 e. The highest BCUT2D eigenvalue weighted by molar-refractivity contribution is 5.60. The zero-order chi connectivity index (χ0) is 18.5. The van der Waals surface area contributed by atoms with Gasteiger partial charge in [-0.3, -0.25) is 0 Å². The van der Waals surface area contributed by atoms with Crippen LogP contribution in [0.5, 0.6) is 5.75 Å². The molecule has 1 heterocycles. The molecule has 0 aromatic heterocycles. The molecule has 0 saturated carbocycles. The van der Waals surface area contributed by atoms with Gasteiger partial charge in [-0.25, -0.2) is 0 Å². The van der Waals surface area contributed by atoms with Crippen molar-refractivity contribution in [1.82, 2.24) is 0 Å². The first-order chi connectivity index (χ1) is 12.8. The first-order valence-electron chi connectivity index (χ1n) is 9.28. The summed E-state index contributed by atoms with van der Waals surface area (Å²) in [6, 6.07) is 6.24. The van der Waals surface area contributed by atoms with Crippen LogP contribution in [0, 0.1) is 0 Å². The molecular weight excluding hydrogens is 336 g/mol. The van der Waals surface area contributed by atoms with E-state index < -0.39 is 0 Å². The number of hydrogen-bond acceptors (Lipinski definition) is 7. The molecule has 1 aromatic carbocycles. The number of nitrogens with two attached hydrogens (primary N) is 1. The van der Waals surface area contributed by atoms with Crippen molar-refractivity contribution in [3.8, 4) is 5.75 Å². The Labute approximate surface area is 156 Å². The molecule has 1 aliphatic rings. The highest BCUT2D eigenvalue weighted by Gasteiger charge is 2.13. The van der Waals surface area contributed by atoms with Crippen LogP contribution < -0.4 is 15.4 Å². The zero-order valence-electron chi connectivity index (χ0n) is 15.8. The van der Waals surface area contributed by atoms with Gasteiger partial charge in [0.1, 0.15) is 5.75 Å². The minimum Gasteiger partial charge on any atom is -0.495 e. The molecule has 1 fully saturated rings. The van der Waals surface area contributed by atoms with E-state index >= 15 is 0 Å². The number of ether oxygens (including phenoxy) is 5. The second-order valence-electron chi connectivity index (χ2n) is 5.98. The lowest BCUT2D eigenvalue weighted by Gasteiger charge is -2.27. The number of nitrogens with zero attached hydrogens (tertiary/aromatic N) is 1. The van der Waals surface area contributed by atoms with Gasteiger partial charge < -0.3 is 34.3 Å². The third-order valence-corrected chi connectivity index (χ3v) is 4.14. The normalized spacial score (nSPS) is 18.8. The molecule has 0 bridgehead atoms. The fourth-order valence-corrected chi connectivity index (χ4v) is 2.77. The predicted octanol–water partition coefficient (Wildman–Crippen LogP) is 1.08. The zero-order valence-corrected chi connectivity index (χ0v) is 15.8. The van der Waals surface area contributed by atoms with Gasteiger partial charge in [0.2, 0.25) is 0 Å². The predicted molar refractivity (Wildman–Crippen MR) is 101 cm³/mol. The van der Waals surface area contributed by atoms with E-state index in [-0.39, 0.29) is 0 Å². The third-order valence-electron chi connectivity index (χ3n) is 4.14. The molecule has 1 aliphatic heterocycles. The molecule has 0 atom stereocenters. The number of methoxy groups -OCH3 is 1. The Balaban J connectivity index is 2.01. The van der Waals surface area contributed by atoms with Crippen molar-refractivity contribution in [1.29, 1.82) is 0 Å². The van der Waals surface area contributed by atoms with Crippen LogP contribution in [0.15, 0.2) is 18.2 Å². The Morgan fingerprint density at radius 2 is 1.42 bits per heavy atom. The van der Waals surface area contributed by atoms with E-state index in [1.807, 2.05) is 0 Å². The van der Waals surface area contributed by atoms with Crippen LogP contribution >= 0.6 is 0 Å². The van der Waals surface area contributed by atoms with Crippen molar-refractivity contribution >= 4 is 5.69 Å². The summed E-state index contributed by atoms with van der Waals surface area (Å²) < 4.78 is 27.9. The lowest BCUT2D eigenvalue weighted by molar-refractivity contribution is 0.00206. The van der Waals surface area contributed by atoms with E-state index in [0.29, 0.717) is 59.4 Å². The summed E-state index contributed by atoms with van der Waals surface area (Å²) in [5.74, 6) is 0.848. The summed E-state index contributed by atoms with van der Waals surface area (Å²) in [5, 5.41) is 0. The average Bonchev–Trinajstić information content (AvgIpc) is 2.67. The van der Waals surface area contributed by atoms with Gasteiger partial charge in [0.25, 0.3) is 0 Å².